The Kier molecular flexibility index (Phi) is 5.17. The van der Waals surface area contributed by atoms with Crippen LogP contribution >= 0.6 is 23.8 Å². The van der Waals surface area contributed by atoms with E-state index < -0.39 is 11.4 Å². The van der Waals surface area contributed by atoms with Crippen LogP contribution in [-0.2, 0) is 11.2 Å². The Morgan fingerprint density at radius 1 is 1.38 bits per heavy atom. The maximum Gasteiger partial charge on any atom is 0.225 e. The van der Waals surface area contributed by atoms with Gasteiger partial charge in [-0.2, -0.15) is 0 Å². The highest BCUT2D eigenvalue weighted by atomic mass is 35.5. The predicted octanol–water partition coefficient (Wildman–Crippen LogP) is 3.13. The lowest BCUT2D eigenvalue weighted by Crippen LogP contribution is -2.58. The largest absolute Gasteiger partial charge is 0.391 e. The minimum Gasteiger partial charge on any atom is -0.391 e. The Morgan fingerprint density at radius 3 is 2.62 bits per heavy atom. The van der Waals surface area contributed by atoms with E-state index in [2.05, 4.69) is 5.32 Å². The van der Waals surface area contributed by atoms with E-state index in [4.69, 9.17) is 29.6 Å². The summed E-state index contributed by atoms with van der Waals surface area (Å²) in [4.78, 5) is 12.5. The molecule has 3 nitrogen and oxygen atoms in total. The van der Waals surface area contributed by atoms with Gasteiger partial charge in [0.2, 0.25) is 5.91 Å². The number of nitrogens with two attached hydrogens (primary N) is 1. The van der Waals surface area contributed by atoms with Crippen LogP contribution in [0.3, 0.4) is 0 Å². The fourth-order valence-corrected chi connectivity index (χ4v) is 3.25. The second-order valence-corrected chi connectivity index (χ2v) is 6.28. The summed E-state index contributed by atoms with van der Waals surface area (Å²) in [5.41, 5.74) is 5.38. The molecule has 1 amide bonds. The van der Waals surface area contributed by atoms with Crippen molar-refractivity contribution in [1.82, 2.24) is 5.32 Å². The number of rotatable bonds is 4. The number of halogens is 2. The van der Waals surface area contributed by atoms with Gasteiger partial charge < -0.3 is 11.1 Å². The molecule has 3 N–H and O–H groups in total. The van der Waals surface area contributed by atoms with Crippen molar-refractivity contribution in [3.8, 4) is 0 Å². The number of benzene rings is 1. The van der Waals surface area contributed by atoms with Gasteiger partial charge in [-0.3, -0.25) is 4.79 Å². The smallest absolute Gasteiger partial charge is 0.225 e. The SMILES string of the molecule is NC(=S)C1(NC(=O)Cc2c(F)cccc2Cl)CCCCC1. The number of nitrogens with one attached hydrogen (secondary N) is 1. The molecule has 1 saturated carbocycles. The molecule has 0 atom stereocenters. The molecular weight excluding hydrogens is 311 g/mol. The molecule has 0 aromatic heterocycles. The highest BCUT2D eigenvalue weighted by molar-refractivity contribution is 7.80. The van der Waals surface area contributed by atoms with Gasteiger partial charge in [0, 0.05) is 10.6 Å². The molecule has 0 bridgehead atoms. The molecule has 0 spiro atoms. The van der Waals surface area contributed by atoms with Crippen LogP contribution in [0.4, 0.5) is 4.39 Å². The van der Waals surface area contributed by atoms with E-state index in [9.17, 15) is 9.18 Å². The summed E-state index contributed by atoms with van der Waals surface area (Å²) in [6, 6.07) is 4.37. The monoisotopic (exact) mass is 328 g/mol. The lowest BCUT2D eigenvalue weighted by Gasteiger charge is -2.37. The molecule has 1 aliphatic rings. The summed E-state index contributed by atoms with van der Waals surface area (Å²) in [6.07, 6.45) is 4.41. The predicted molar refractivity (Wildman–Crippen MR) is 85.9 cm³/mol. The zero-order valence-electron chi connectivity index (χ0n) is 11.6. The zero-order chi connectivity index (χ0) is 15.5. The van der Waals surface area contributed by atoms with Crippen LogP contribution in [0.25, 0.3) is 0 Å². The minimum absolute atomic E-state index is 0.115. The molecule has 1 aliphatic carbocycles. The third-order valence-electron chi connectivity index (χ3n) is 3.96. The number of hydrogen-bond acceptors (Lipinski definition) is 2. The van der Waals surface area contributed by atoms with Gasteiger partial charge in [-0.1, -0.05) is 49.1 Å². The van der Waals surface area contributed by atoms with Crippen molar-refractivity contribution in [2.45, 2.75) is 44.1 Å². The summed E-state index contributed by atoms with van der Waals surface area (Å²) < 4.78 is 13.7. The summed E-state index contributed by atoms with van der Waals surface area (Å²) >= 11 is 11.1. The standard InChI is InChI=1S/C15H18ClFN2OS/c16-11-5-4-6-12(17)10(11)9-13(20)19-15(14(18)21)7-2-1-3-8-15/h4-6H,1-3,7-9H2,(H2,18,21)(H,19,20). The highest BCUT2D eigenvalue weighted by Gasteiger charge is 2.36. The van der Waals surface area contributed by atoms with Crippen LogP contribution in [-0.4, -0.2) is 16.4 Å². The lowest BCUT2D eigenvalue weighted by atomic mass is 9.81. The third kappa shape index (κ3) is 3.71. The molecule has 114 valence electrons. The van der Waals surface area contributed by atoms with Crippen LogP contribution < -0.4 is 11.1 Å². The van der Waals surface area contributed by atoms with Crippen LogP contribution in [0.2, 0.25) is 5.02 Å². The first kappa shape index (κ1) is 16.2. The molecule has 0 saturated heterocycles. The molecule has 1 aromatic rings. The van der Waals surface area contributed by atoms with Gasteiger partial charge in [-0.15, -0.1) is 0 Å². The Balaban J connectivity index is 2.11. The van der Waals surface area contributed by atoms with Gasteiger partial charge in [0.25, 0.3) is 0 Å². The zero-order valence-corrected chi connectivity index (χ0v) is 13.2. The Hall–Kier alpha value is -1.20. The molecule has 0 unspecified atom stereocenters. The van der Waals surface area contributed by atoms with Crippen molar-refractivity contribution in [2.75, 3.05) is 0 Å². The normalized spacial score (nSPS) is 17.2. The van der Waals surface area contributed by atoms with E-state index in [1.807, 2.05) is 0 Å². The lowest BCUT2D eigenvalue weighted by molar-refractivity contribution is -0.122. The molecule has 0 aliphatic heterocycles. The van der Waals surface area contributed by atoms with Crippen molar-refractivity contribution in [2.24, 2.45) is 5.73 Å². The van der Waals surface area contributed by atoms with E-state index in [0.29, 0.717) is 4.99 Å². The van der Waals surface area contributed by atoms with E-state index in [0.717, 1.165) is 32.1 Å². The average molecular weight is 329 g/mol. The van der Waals surface area contributed by atoms with E-state index >= 15 is 0 Å². The third-order valence-corrected chi connectivity index (χ3v) is 4.70. The Morgan fingerprint density at radius 2 is 2.05 bits per heavy atom. The van der Waals surface area contributed by atoms with Gasteiger partial charge in [-0.25, -0.2) is 4.39 Å². The van der Waals surface area contributed by atoms with E-state index in [1.54, 1.807) is 6.07 Å². The fourth-order valence-electron chi connectivity index (χ4n) is 2.76. The molecule has 1 fully saturated rings. The maximum atomic E-state index is 13.7. The van der Waals surface area contributed by atoms with Crippen molar-refractivity contribution >= 4 is 34.7 Å². The Labute approximate surface area is 134 Å². The number of hydrogen-bond donors (Lipinski definition) is 2. The van der Waals surface area contributed by atoms with Gasteiger partial charge in [0.15, 0.2) is 0 Å². The molecule has 0 heterocycles. The van der Waals surface area contributed by atoms with Gasteiger partial charge in [-0.05, 0) is 25.0 Å². The van der Waals surface area contributed by atoms with Crippen LogP contribution in [0, 0.1) is 5.82 Å². The summed E-state index contributed by atoms with van der Waals surface area (Å²) in [6.45, 7) is 0. The Bertz CT molecular complexity index is 538. The van der Waals surface area contributed by atoms with Gasteiger partial charge in [0.05, 0.1) is 16.9 Å². The van der Waals surface area contributed by atoms with Crippen molar-refractivity contribution in [1.29, 1.82) is 0 Å². The first-order chi connectivity index (χ1) is 9.94. The van der Waals surface area contributed by atoms with Crippen LogP contribution in [0.15, 0.2) is 18.2 Å². The number of carbonyl (C=O) groups is 1. The van der Waals surface area contributed by atoms with Crippen molar-refractivity contribution < 1.29 is 9.18 Å². The fraction of sp³-hybridized carbons (Fsp3) is 0.467. The van der Waals surface area contributed by atoms with Crippen molar-refractivity contribution in [3.63, 3.8) is 0 Å². The minimum atomic E-state index is -0.637. The molecule has 1 aromatic carbocycles. The summed E-state index contributed by atoms with van der Waals surface area (Å²) in [7, 11) is 0. The number of amides is 1. The quantitative estimate of drug-likeness (QED) is 0.835. The molecule has 6 heteroatoms. The van der Waals surface area contributed by atoms with E-state index in [1.165, 1.54) is 12.1 Å². The number of thiocarbonyl (C=S) groups is 1. The first-order valence-electron chi connectivity index (χ1n) is 6.98. The van der Waals surface area contributed by atoms with E-state index in [-0.39, 0.29) is 22.9 Å². The van der Waals surface area contributed by atoms with Crippen LogP contribution in [0.1, 0.15) is 37.7 Å². The molecule has 21 heavy (non-hydrogen) atoms. The molecular formula is C15H18ClFN2OS. The van der Waals surface area contributed by atoms with Crippen molar-refractivity contribution in [3.05, 3.63) is 34.6 Å². The van der Waals surface area contributed by atoms with Crippen LogP contribution in [0.5, 0.6) is 0 Å². The first-order valence-corrected chi connectivity index (χ1v) is 7.77. The molecule has 0 radical (unpaired) electrons. The second-order valence-electron chi connectivity index (χ2n) is 5.43. The average Bonchev–Trinajstić information content (AvgIpc) is 2.44. The van der Waals surface area contributed by atoms with Gasteiger partial charge in [0.1, 0.15) is 5.82 Å². The molecule has 2 rings (SSSR count). The highest BCUT2D eigenvalue weighted by Crippen LogP contribution is 2.29. The maximum absolute atomic E-state index is 13.7. The summed E-state index contributed by atoms with van der Waals surface area (Å²) in [5.74, 6) is -0.789. The number of carbonyl (C=O) groups excluding carboxylic acids is 1. The van der Waals surface area contributed by atoms with Gasteiger partial charge >= 0.3 is 0 Å². The second kappa shape index (κ2) is 6.71. The topological polar surface area (TPSA) is 55.1 Å². The summed E-state index contributed by atoms with van der Waals surface area (Å²) in [5, 5.41) is 3.15.